The van der Waals surface area contributed by atoms with E-state index < -0.39 is 23.4 Å². The zero-order valence-electron chi connectivity index (χ0n) is 6.51. The first-order chi connectivity index (χ1) is 6.45. The van der Waals surface area contributed by atoms with Gasteiger partial charge in [0.25, 0.3) is 12.4 Å². The maximum Gasteiger partial charge on any atom is 0.417 e. The highest BCUT2D eigenvalue weighted by molar-refractivity contribution is 5.43. The Hall–Kier alpha value is -1.66. The minimum Gasteiger partial charge on any atom is -0.406 e. The second kappa shape index (κ2) is 3.60. The number of pyridine rings is 1. The van der Waals surface area contributed by atoms with Gasteiger partial charge in [0, 0.05) is 6.20 Å². The quantitative estimate of drug-likeness (QED) is 0.550. The highest BCUT2D eigenvalue weighted by atomic mass is 19.4. The van der Waals surface area contributed by atoms with Crippen LogP contribution in [-0.4, -0.2) is 11.5 Å². The van der Waals surface area contributed by atoms with Crippen LogP contribution in [-0.2, 0) is 11.0 Å². The number of halogens is 4. The van der Waals surface area contributed by atoms with Gasteiger partial charge in [0.2, 0.25) is 0 Å². The first kappa shape index (κ1) is 10.4. The Morgan fingerprint density at radius 1 is 1.43 bits per heavy atom. The molecule has 0 aromatic carbocycles. The zero-order valence-corrected chi connectivity index (χ0v) is 6.51. The van der Waals surface area contributed by atoms with Crippen molar-refractivity contribution in [3.63, 3.8) is 0 Å². The molecule has 76 valence electrons. The van der Waals surface area contributed by atoms with Crippen LogP contribution in [0, 0.1) is 5.82 Å². The summed E-state index contributed by atoms with van der Waals surface area (Å²) >= 11 is 0. The van der Waals surface area contributed by atoms with Crippen molar-refractivity contribution in [2.75, 3.05) is 0 Å². The van der Waals surface area contributed by atoms with Crippen LogP contribution in [0.15, 0.2) is 12.3 Å². The molecular weight excluding hydrogens is 206 g/mol. The number of carbonyl (C=O) groups excluding carboxylic acids is 1. The lowest BCUT2D eigenvalue weighted by atomic mass is 10.3. The Morgan fingerprint density at radius 2 is 2.07 bits per heavy atom. The number of hydrogen-bond acceptors (Lipinski definition) is 3. The molecule has 0 aliphatic heterocycles. The van der Waals surface area contributed by atoms with Crippen LogP contribution in [0.25, 0.3) is 0 Å². The fourth-order valence-corrected chi connectivity index (χ4v) is 0.713. The summed E-state index contributed by atoms with van der Waals surface area (Å²) in [6, 6.07) is 0.200. The molecule has 0 aliphatic rings. The van der Waals surface area contributed by atoms with E-state index >= 15 is 0 Å². The lowest BCUT2D eigenvalue weighted by Crippen LogP contribution is -2.07. The molecule has 1 rings (SSSR count). The monoisotopic (exact) mass is 209 g/mol. The van der Waals surface area contributed by atoms with E-state index in [0.29, 0.717) is 6.20 Å². The number of rotatable bonds is 2. The Morgan fingerprint density at radius 3 is 2.50 bits per heavy atom. The summed E-state index contributed by atoms with van der Waals surface area (Å²) in [4.78, 5) is 12.7. The molecule has 0 atom stereocenters. The predicted octanol–water partition coefficient (Wildman–Crippen LogP) is 1.77. The van der Waals surface area contributed by atoms with Crippen LogP contribution in [0.5, 0.6) is 5.88 Å². The van der Waals surface area contributed by atoms with Gasteiger partial charge in [-0.2, -0.15) is 13.2 Å². The number of hydrogen-bond donors (Lipinski definition) is 0. The first-order valence-electron chi connectivity index (χ1n) is 3.28. The van der Waals surface area contributed by atoms with E-state index in [-0.39, 0.29) is 12.5 Å². The van der Waals surface area contributed by atoms with Crippen LogP contribution in [0.2, 0.25) is 0 Å². The molecule has 0 amide bonds. The van der Waals surface area contributed by atoms with Crippen molar-refractivity contribution in [2.45, 2.75) is 6.18 Å². The highest BCUT2D eigenvalue weighted by Crippen LogP contribution is 2.30. The third-order valence-corrected chi connectivity index (χ3v) is 1.29. The Labute approximate surface area is 75.3 Å². The molecule has 0 bridgehead atoms. The van der Waals surface area contributed by atoms with Crippen LogP contribution in [0.1, 0.15) is 5.56 Å². The van der Waals surface area contributed by atoms with Crippen LogP contribution >= 0.6 is 0 Å². The number of nitrogens with zero attached hydrogens (tertiary/aromatic N) is 1. The molecule has 1 aromatic rings. The molecule has 0 spiro atoms. The molecular formula is C7H3F4NO2. The summed E-state index contributed by atoms with van der Waals surface area (Å²) < 4.78 is 52.6. The van der Waals surface area contributed by atoms with Crippen molar-refractivity contribution in [2.24, 2.45) is 0 Å². The lowest BCUT2D eigenvalue weighted by molar-refractivity contribution is -0.138. The van der Waals surface area contributed by atoms with Crippen LogP contribution < -0.4 is 4.74 Å². The Kier molecular flexibility index (Phi) is 2.68. The molecule has 3 nitrogen and oxygen atoms in total. The van der Waals surface area contributed by atoms with Gasteiger partial charge in [-0.15, -0.1) is 0 Å². The van der Waals surface area contributed by atoms with Gasteiger partial charge in [0.15, 0.2) is 5.82 Å². The van der Waals surface area contributed by atoms with Gasteiger partial charge in [-0.25, -0.2) is 9.37 Å². The van der Waals surface area contributed by atoms with Gasteiger partial charge in [0.05, 0.1) is 5.56 Å². The maximum atomic E-state index is 12.7. The maximum absolute atomic E-state index is 12.7. The summed E-state index contributed by atoms with van der Waals surface area (Å²) in [5.74, 6) is -2.13. The molecule has 0 unspecified atom stereocenters. The standard InChI is InChI=1S/C7H3F4NO2/c8-5-1-4(7(9,10)11)2-12-6(5)14-3-13/h1-3H. The molecule has 14 heavy (non-hydrogen) atoms. The fraction of sp³-hybridized carbons (Fsp3) is 0.143. The van der Waals surface area contributed by atoms with E-state index in [1.54, 1.807) is 0 Å². The third-order valence-electron chi connectivity index (χ3n) is 1.29. The average molecular weight is 209 g/mol. The number of aromatic nitrogens is 1. The predicted molar refractivity (Wildman–Crippen MR) is 35.9 cm³/mol. The third kappa shape index (κ3) is 2.18. The van der Waals surface area contributed by atoms with Gasteiger partial charge in [-0.1, -0.05) is 0 Å². The van der Waals surface area contributed by atoms with Crippen molar-refractivity contribution in [3.8, 4) is 5.88 Å². The molecule has 7 heteroatoms. The molecule has 0 saturated carbocycles. The topological polar surface area (TPSA) is 39.2 Å². The fourth-order valence-electron chi connectivity index (χ4n) is 0.713. The van der Waals surface area contributed by atoms with Gasteiger partial charge in [-0.05, 0) is 6.07 Å². The molecule has 1 heterocycles. The van der Waals surface area contributed by atoms with Crippen molar-refractivity contribution in [3.05, 3.63) is 23.6 Å². The second-order valence-corrected chi connectivity index (χ2v) is 2.22. The van der Waals surface area contributed by atoms with Gasteiger partial charge < -0.3 is 4.74 Å². The molecule has 0 N–H and O–H groups in total. The molecule has 1 aromatic heterocycles. The van der Waals surface area contributed by atoms with Gasteiger partial charge in [0.1, 0.15) is 0 Å². The molecule has 0 fully saturated rings. The SMILES string of the molecule is O=COc1ncc(C(F)(F)F)cc1F. The number of carbonyl (C=O) groups is 1. The molecule has 0 aliphatic carbocycles. The summed E-state index contributed by atoms with van der Waals surface area (Å²) in [5, 5.41) is 0. The Bertz CT molecular complexity index is 350. The van der Waals surface area contributed by atoms with Crippen LogP contribution in [0.4, 0.5) is 17.6 Å². The summed E-state index contributed by atoms with van der Waals surface area (Å²) in [5.41, 5.74) is -1.24. The summed E-state index contributed by atoms with van der Waals surface area (Å²) in [6.07, 6.45) is -4.30. The highest BCUT2D eigenvalue weighted by Gasteiger charge is 2.32. The smallest absolute Gasteiger partial charge is 0.406 e. The van der Waals surface area contributed by atoms with Gasteiger partial charge >= 0.3 is 6.18 Å². The zero-order chi connectivity index (χ0) is 10.8. The van der Waals surface area contributed by atoms with Crippen molar-refractivity contribution < 1.29 is 27.1 Å². The minimum absolute atomic E-state index is 0.126. The lowest BCUT2D eigenvalue weighted by Gasteiger charge is -2.06. The number of ether oxygens (including phenoxy) is 1. The van der Waals surface area contributed by atoms with Crippen molar-refractivity contribution in [1.82, 2.24) is 4.98 Å². The van der Waals surface area contributed by atoms with Gasteiger partial charge in [-0.3, -0.25) is 4.79 Å². The van der Waals surface area contributed by atoms with E-state index in [1.807, 2.05) is 0 Å². The first-order valence-corrected chi connectivity index (χ1v) is 3.28. The molecule has 0 radical (unpaired) electrons. The van der Waals surface area contributed by atoms with Crippen LogP contribution in [0.3, 0.4) is 0 Å². The van der Waals surface area contributed by atoms with E-state index in [0.717, 1.165) is 0 Å². The number of alkyl halides is 3. The van der Waals surface area contributed by atoms with E-state index in [2.05, 4.69) is 9.72 Å². The summed E-state index contributed by atoms with van der Waals surface area (Å²) in [7, 11) is 0. The second-order valence-electron chi connectivity index (χ2n) is 2.22. The molecule has 0 saturated heterocycles. The average Bonchev–Trinajstić information content (AvgIpc) is 2.07. The van der Waals surface area contributed by atoms with E-state index in [4.69, 9.17) is 0 Å². The van der Waals surface area contributed by atoms with Crippen molar-refractivity contribution >= 4 is 6.47 Å². The summed E-state index contributed by atoms with van der Waals surface area (Å²) in [6.45, 7) is -0.126. The minimum atomic E-state index is -4.67. The Balaban J connectivity index is 3.06. The van der Waals surface area contributed by atoms with E-state index in [9.17, 15) is 22.4 Å². The van der Waals surface area contributed by atoms with E-state index in [1.165, 1.54) is 0 Å². The van der Waals surface area contributed by atoms with Crippen molar-refractivity contribution in [1.29, 1.82) is 0 Å². The normalized spacial score (nSPS) is 11.1. The largest absolute Gasteiger partial charge is 0.417 e.